The van der Waals surface area contributed by atoms with Gasteiger partial charge in [-0.1, -0.05) is 30.3 Å². The van der Waals surface area contributed by atoms with Crippen LogP contribution in [0.1, 0.15) is 37.3 Å². The summed E-state index contributed by atoms with van der Waals surface area (Å²) >= 11 is 0. The van der Waals surface area contributed by atoms with Crippen molar-refractivity contribution in [1.29, 1.82) is 0 Å². The first-order chi connectivity index (χ1) is 14.0. The van der Waals surface area contributed by atoms with E-state index in [9.17, 15) is 17.6 Å². The fourth-order valence-corrected chi connectivity index (χ4v) is 5.86. The second kappa shape index (κ2) is 8.24. The Hall–Kier alpha value is -2.25. The monoisotopic (exact) mass is 416 g/mol. The summed E-state index contributed by atoms with van der Waals surface area (Å²) < 4.78 is 40.1. The number of hydrogen-bond donors (Lipinski definition) is 0. The number of sulfonamides is 1. The topological polar surface area (TPSA) is 57.7 Å². The van der Waals surface area contributed by atoms with Gasteiger partial charge in [0.05, 0.1) is 10.9 Å². The minimum Gasteiger partial charge on any atom is -0.335 e. The van der Waals surface area contributed by atoms with E-state index in [1.807, 2.05) is 23.1 Å². The molecule has 0 aliphatic carbocycles. The van der Waals surface area contributed by atoms with Crippen molar-refractivity contribution in [2.75, 3.05) is 19.6 Å². The van der Waals surface area contributed by atoms with Crippen molar-refractivity contribution in [2.45, 2.75) is 36.6 Å². The minimum atomic E-state index is -3.66. The van der Waals surface area contributed by atoms with Crippen molar-refractivity contribution in [2.24, 2.45) is 5.92 Å². The van der Waals surface area contributed by atoms with Gasteiger partial charge in [0, 0.05) is 25.6 Å². The van der Waals surface area contributed by atoms with Crippen molar-refractivity contribution >= 4 is 15.9 Å². The zero-order valence-corrected chi connectivity index (χ0v) is 17.0. The zero-order chi connectivity index (χ0) is 20.4. The van der Waals surface area contributed by atoms with Crippen molar-refractivity contribution in [3.63, 3.8) is 0 Å². The number of carbonyl (C=O) groups excluding carboxylic acids is 1. The van der Waals surface area contributed by atoms with Gasteiger partial charge >= 0.3 is 0 Å². The van der Waals surface area contributed by atoms with Gasteiger partial charge in [-0.05, 0) is 55.5 Å². The highest BCUT2D eigenvalue weighted by Crippen LogP contribution is 2.35. The van der Waals surface area contributed by atoms with Crippen LogP contribution in [0.4, 0.5) is 4.39 Å². The summed E-state index contributed by atoms with van der Waals surface area (Å²) in [6.45, 7) is 1.37. The number of nitrogens with zero attached hydrogens (tertiary/aromatic N) is 2. The minimum absolute atomic E-state index is 0.0901. The molecule has 0 N–H and O–H groups in total. The first-order valence-electron chi connectivity index (χ1n) is 10.1. The molecule has 29 heavy (non-hydrogen) atoms. The van der Waals surface area contributed by atoms with Gasteiger partial charge < -0.3 is 4.90 Å². The largest absolute Gasteiger partial charge is 0.335 e. The second-order valence-corrected chi connectivity index (χ2v) is 9.67. The maximum atomic E-state index is 13.2. The Morgan fingerprint density at radius 1 is 0.897 bits per heavy atom. The van der Waals surface area contributed by atoms with E-state index < -0.39 is 15.8 Å². The molecule has 1 amide bonds. The lowest BCUT2D eigenvalue weighted by Crippen LogP contribution is -2.44. The molecule has 2 aliphatic heterocycles. The average molecular weight is 417 g/mol. The highest BCUT2D eigenvalue weighted by Gasteiger charge is 2.37. The molecular weight excluding hydrogens is 391 g/mol. The SMILES string of the molecule is O=C(C1CCN(S(=O)(=O)c2ccc(F)cc2)CC1)N1CCCC1c1ccccc1. The number of carbonyl (C=O) groups is 1. The number of piperidine rings is 1. The van der Waals surface area contributed by atoms with E-state index in [4.69, 9.17) is 0 Å². The maximum Gasteiger partial charge on any atom is 0.243 e. The Kier molecular flexibility index (Phi) is 5.69. The van der Waals surface area contributed by atoms with Gasteiger partial charge in [0.15, 0.2) is 0 Å². The molecule has 2 aromatic carbocycles. The summed E-state index contributed by atoms with van der Waals surface area (Å²) in [5, 5.41) is 0. The number of amides is 1. The van der Waals surface area contributed by atoms with Crippen LogP contribution in [0.5, 0.6) is 0 Å². The quantitative estimate of drug-likeness (QED) is 0.765. The summed E-state index contributed by atoms with van der Waals surface area (Å²) in [5.41, 5.74) is 1.16. The molecule has 2 saturated heterocycles. The van der Waals surface area contributed by atoms with E-state index in [-0.39, 0.29) is 22.8 Å². The predicted octanol–water partition coefficient (Wildman–Crippen LogP) is 3.59. The Balaban J connectivity index is 1.41. The third-order valence-electron chi connectivity index (χ3n) is 5.97. The lowest BCUT2D eigenvalue weighted by Gasteiger charge is -2.34. The highest BCUT2D eigenvalue weighted by molar-refractivity contribution is 7.89. The van der Waals surface area contributed by atoms with E-state index in [2.05, 4.69) is 12.1 Å². The fraction of sp³-hybridized carbons (Fsp3) is 0.409. The standard InChI is InChI=1S/C22H25FN2O3S/c23-19-8-10-20(11-9-19)29(27,28)24-15-12-18(13-16-24)22(26)25-14-4-7-21(25)17-5-2-1-3-6-17/h1-3,5-6,8-11,18,21H,4,7,12-16H2. The van der Waals surface area contributed by atoms with E-state index >= 15 is 0 Å². The lowest BCUT2D eigenvalue weighted by atomic mass is 9.95. The smallest absolute Gasteiger partial charge is 0.243 e. The van der Waals surface area contributed by atoms with Crippen LogP contribution in [0.3, 0.4) is 0 Å². The van der Waals surface area contributed by atoms with Gasteiger partial charge in [-0.3, -0.25) is 4.79 Å². The second-order valence-electron chi connectivity index (χ2n) is 7.73. The van der Waals surface area contributed by atoms with Crippen LogP contribution in [0, 0.1) is 11.7 Å². The molecule has 4 rings (SSSR count). The molecule has 2 heterocycles. The van der Waals surface area contributed by atoms with Gasteiger partial charge in [0.1, 0.15) is 5.82 Å². The molecule has 7 heteroatoms. The number of rotatable bonds is 4. The number of hydrogen-bond acceptors (Lipinski definition) is 3. The van der Waals surface area contributed by atoms with Crippen molar-refractivity contribution in [3.8, 4) is 0 Å². The number of likely N-dealkylation sites (tertiary alicyclic amines) is 1. The van der Waals surface area contributed by atoms with Gasteiger partial charge in [0.25, 0.3) is 0 Å². The third kappa shape index (κ3) is 4.07. The first-order valence-corrected chi connectivity index (χ1v) is 11.5. The molecule has 0 saturated carbocycles. The Morgan fingerprint density at radius 3 is 2.21 bits per heavy atom. The molecule has 2 aromatic rings. The molecule has 0 radical (unpaired) electrons. The van der Waals surface area contributed by atoms with Crippen molar-refractivity contribution in [3.05, 3.63) is 66.0 Å². The Morgan fingerprint density at radius 2 is 1.55 bits per heavy atom. The predicted molar refractivity (Wildman–Crippen MR) is 108 cm³/mol. The van der Waals surface area contributed by atoms with Crippen LogP contribution in [0.2, 0.25) is 0 Å². The van der Waals surface area contributed by atoms with E-state index in [1.54, 1.807) is 0 Å². The van der Waals surface area contributed by atoms with Crippen LogP contribution in [0.25, 0.3) is 0 Å². The average Bonchev–Trinajstić information content (AvgIpc) is 3.24. The van der Waals surface area contributed by atoms with Crippen LogP contribution in [-0.4, -0.2) is 43.2 Å². The first kappa shape index (κ1) is 20.0. The summed E-state index contributed by atoms with van der Waals surface area (Å²) in [5.74, 6) is -0.485. The summed E-state index contributed by atoms with van der Waals surface area (Å²) in [6, 6.07) is 15.1. The van der Waals surface area contributed by atoms with Crippen molar-refractivity contribution in [1.82, 2.24) is 9.21 Å². The molecule has 5 nitrogen and oxygen atoms in total. The van der Waals surface area contributed by atoms with Crippen LogP contribution in [-0.2, 0) is 14.8 Å². The molecule has 154 valence electrons. The molecule has 2 fully saturated rings. The normalized spacial score (nSPS) is 21.4. The molecule has 1 unspecified atom stereocenters. The summed E-state index contributed by atoms with van der Waals surface area (Å²) in [6.07, 6.45) is 2.98. The maximum absolute atomic E-state index is 13.2. The lowest BCUT2D eigenvalue weighted by molar-refractivity contribution is -0.137. The Labute approximate surface area is 171 Å². The highest BCUT2D eigenvalue weighted by atomic mass is 32.2. The van der Waals surface area contributed by atoms with E-state index in [0.717, 1.165) is 37.1 Å². The van der Waals surface area contributed by atoms with Gasteiger partial charge in [-0.15, -0.1) is 0 Å². The van der Waals surface area contributed by atoms with Crippen molar-refractivity contribution < 1.29 is 17.6 Å². The molecule has 0 spiro atoms. The summed E-state index contributed by atoms with van der Waals surface area (Å²) in [7, 11) is -3.66. The van der Waals surface area contributed by atoms with E-state index in [0.29, 0.717) is 25.9 Å². The van der Waals surface area contributed by atoms with Gasteiger partial charge in [0.2, 0.25) is 15.9 Å². The molecule has 1 atom stereocenters. The number of halogens is 1. The molecule has 0 aromatic heterocycles. The van der Waals surface area contributed by atoms with Crippen LogP contribution >= 0.6 is 0 Å². The Bertz CT molecular complexity index is 955. The van der Waals surface area contributed by atoms with Gasteiger partial charge in [-0.2, -0.15) is 4.31 Å². The van der Waals surface area contributed by atoms with E-state index in [1.165, 1.54) is 16.4 Å². The zero-order valence-electron chi connectivity index (χ0n) is 16.2. The molecule has 2 aliphatic rings. The fourth-order valence-electron chi connectivity index (χ4n) is 4.39. The van der Waals surface area contributed by atoms with Gasteiger partial charge in [-0.25, -0.2) is 12.8 Å². The summed E-state index contributed by atoms with van der Waals surface area (Å²) in [4.78, 5) is 15.2. The number of benzene rings is 2. The van der Waals surface area contributed by atoms with Crippen LogP contribution in [0.15, 0.2) is 59.5 Å². The third-order valence-corrected chi connectivity index (χ3v) is 7.89. The van der Waals surface area contributed by atoms with Crippen LogP contribution < -0.4 is 0 Å². The molecular formula is C22H25FN2O3S. The molecule has 0 bridgehead atoms.